The van der Waals surface area contributed by atoms with Gasteiger partial charge >= 0.3 is 0 Å². The van der Waals surface area contributed by atoms with E-state index < -0.39 is 0 Å². The summed E-state index contributed by atoms with van der Waals surface area (Å²) < 4.78 is 5.94. The standard InChI is InChI=1S/C14H16N4O/c15-14-10(5-3-7-17-14)13(18-16)12-8-9-4-1-2-6-11(9)19-12/h1-7,12-13,18H,8,16H2,(H2,15,17). The summed E-state index contributed by atoms with van der Waals surface area (Å²) in [6, 6.07) is 11.6. The van der Waals surface area contributed by atoms with E-state index in [4.69, 9.17) is 16.3 Å². The number of nitrogens with one attached hydrogen (secondary N) is 1. The third kappa shape index (κ3) is 2.14. The van der Waals surface area contributed by atoms with Gasteiger partial charge in [0.15, 0.2) is 0 Å². The van der Waals surface area contributed by atoms with Gasteiger partial charge in [0.25, 0.3) is 0 Å². The molecule has 5 nitrogen and oxygen atoms in total. The van der Waals surface area contributed by atoms with Crippen molar-refractivity contribution in [3.8, 4) is 5.75 Å². The maximum absolute atomic E-state index is 5.94. The second kappa shape index (κ2) is 4.87. The number of pyridine rings is 1. The van der Waals surface area contributed by atoms with Crippen molar-refractivity contribution >= 4 is 5.82 Å². The van der Waals surface area contributed by atoms with Crippen LogP contribution in [0, 0.1) is 0 Å². The number of nitrogens with two attached hydrogens (primary N) is 2. The SMILES string of the molecule is NNC(c1cccnc1N)C1Cc2ccccc2O1. The molecule has 5 N–H and O–H groups in total. The zero-order valence-electron chi connectivity index (χ0n) is 10.4. The summed E-state index contributed by atoms with van der Waals surface area (Å²) in [4.78, 5) is 4.10. The van der Waals surface area contributed by atoms with Gasteiger partial charge in [-0.25, -0.2) is 10.4 Å². The minimum absolute atomic E-state index is 0.0751. The first kappa shape index (κ1) is 12.0. The number of hydrogen-bond donors (Lipinski definition) is 3. The number of ether oxygens (including phenoxy) is 1. The lowest BCUT2D eigenvalue weighted by Gasteiger charge is -2.23. The van der Waals surface area contributed by atoms with Crippen LogP contribution in [0.15, 0.2) is 42.6 Å². The number of anilines is 1. The zero-order valence-corrected chi connectivity index (χ0v) is 10.4. The van der Waals surface area contributed by atoms with Gasteiger partial charge in [-0.15, -0.1) is 0 Å². The molecular weight excluding hydrogens is 240 g/mol. The molecule has 0 saturated carbocycles. The number of hydrogen-bond acceptors (Lipinski definition) is 5. The Morgan fingerprint density at radius 2 is 2.11 bits per heavy atom. The van der Waals surface area contributed by atoms with Crippen LogP contribution >= 0.6 is 0 Å². The molecule has 0 saturated heterocycles. The third-order valence-corrected chi connectivity index (χ3v) is 3.43. The van der Waals surface area contributed by atoms with E-state index in [-0.39, 0.29) is 12.1 Å². The molecule has 0 fully saturated rings. The van der Waals surface area contributed by atoms with Crippen molar-refractivity contribution in [3.05, 3.63) is 53.7 Å². The Morgan fingerprint density at radius 1 is 1.26 bits per heavy atom. The molecular formula is C14H16N4O. The van der Waals surface area contributed by atoms with E-state index in [0.717, 1.165) is 17.7 Å². The van der Waals surface area contributed by atoms with Crippen molar-refractivity contribution < 1.29 is 4.74 Å². The van der Waals surface area contributed by atoms with Crippen LogP contribution in [-0.4, -0.2) is 11.1 Å². The number of hydrazine groups is 1. The van der Waals surface area contributed by atoms with E-state index in [1.807, 2.05) is 30.3 Å². The number of para-hydroxylation sites is 1. The lowest BCUT2D eigenvalue weighted by atomic mass is 9.99. The topological polar surface area (TPSA) is 86.2 Å². The van der Waals surface area contributed by atoms with Gasteiger partial charge < -0.3 is 10.5 Å². The fourth-order valence-corrected chi connectivity index (χ4v) is 2.49. The van der Waals surface area contributed by atoms with Gasteiger partial charge in [0, 0.05) is 18.2 Å². The Kier molecular flexibility index (Phi) is 3.06. The number of aromatic nitrogens is 1. The van der Waals surface area contributed by atoms with Crippen molar-refractivity contribution in [2.24, 2.45) is 5.84 Å². The van der Waals surface area contributed by atoms with Crippen LogP contribution < -0.4 is 21.7 Å². The number of nitrogens with zero attached hydrogens (tertiary/aromatic N) is 1. The first-order chi connectivity index (χ1) is 9.29. The van der Waals surface area contributed by atoms with Crippen LogP contribution in [0.3, 0.4) is 0 Å². The molecule has 98 valence electrons. The Labute approximate surface area is 111 Å². The van der Waals surface area contributed by atoms with Crippen LogP contribution in [0.2, 0.25) is 0 Å². The normalized spacial score (nSPS) is 18.7. The van der Waals surface area contributed by atoms with Crippen molar-refractivity contribution in [3.63, 3.8) is 0 Å². The molecule has 0 bridgehead atoms. The molecule has 5 heteroatoms. The van der Waals surface area contributed by atoms with Gasteiger partial charge in [-0.05, 0) is 17.7 Å². The molecule has 0 radical (unpaired) electrons. The minimum atomic E-state index is -0.180. The number of rotatable bonds is 3. The molecule has 0 spiro atoms. The number of benzene rings is 1. The second-order valence-electron chi connectivity index (χ2n) is 4.59. The molecule has 0 aliphatic carbocycles. The van der Waals surface area contributed by atoms with Crippen molar-refractivity contribution in [1.29, 1.82) is 0 Å². The predicted octanol–water partition coefficient (Wildman–Crippen LogP) is 1.17. The fourth-order valence-electron chi connectivity index (χ4n) is 2.49. The van der Waals surface area contributed by atoms with Crippen molar-refractivity contribution in [2.45, 2.75) is 18.6 Å². The van der Waals surface area contributed by atoms with Crippen molar-refractivity contribution in [2.75, 3.05) is 5.73 Å². The lowest BCUT2D eigenvalue weighted by molar-refractivity contribution is 0.179. The van der Waals surface area contributed by atoms with Crippen LogP contribution in [-0.2, 0) is 6.42 Å². The number of nitrogen functional groups attached to an aromatic ring is 1. The highest BCUT2D eigenvalue weighted by molar-refractivity contribution is 5.44. The van der Waals surface area contributed by atoms with Gasteiger partial charge in [0.1, 0.15) is 17.7 Å². The van der Waals surface area contributed by atoms with Gasteiger partial charge in [-0.2, -0.15) is 0 Å². The van der Waals surface area contributed by atoms with E-state index in [0.29, 0.717) is 5.82 Å². The molecule has 2 unspecified atom stereocenters. The van der Waals surface area contributed by atoms with Crippen LogP contribution in [0.25, 0.3) is 0 Å². The summed E-state index contributed by atoms with van der Waals surface area (Å²) in [6.07, 6.45) is 2.39. The van der Waals surface area contributed by atoms with E-state index in [1.54, 1.807) is 6.20 Å². The third-order valence-electron chi connectivity index (χ3n) is 3.43. The molecule has 1 aromatic carbocycles. The van der Waals surface area contributed by atoms with Gasteiger partial charge in [0.2, 0.25) is 0 Å². The average Bonchev–Trinajstić information content (AvgIpc) is 2.85. The van der Waals surface area contributed by atoms with E-state index in [1.165, 1.54) is 5.56 Å². The van der Waals surface area contributed by atoms with Crippen LogP contribution in [0.4, 0.5) is 5.82 Å². The smallest absolute Gasteiger partial charge is 0.128 e. The van der Waals surface area contributed by atoms with Gasteiger partial charge in [0.05, 0.1) is 6.04 Å². The van der Waals surface area contributed by atoms with Gasteiger partial charge in [-0.3, -0.25) is 5.84 Å². The highest BCUT2D eigenvalue weighted by atomic mass is 16.5. The molecule has 19 heavy (non-hydrogen) atoms. The Morgan fingerprint density at radius 3 is 2.84 bits per heavy atom. The first-order valence-corrected chi connectivity index (χ1v) is 6.20. The maximum atomic E-state index is 5.94. The molecule has 2 aromatic rings. The quantitative estimate of drug-likeness (QED) is 0.567. The molecule has 3 rings (SSSR count). The van der Waals surface area contributed by atoms with Gasteiger partial charge in [-0.1, -0.05) is 24.3 Å². The molecule has 1 aromatic heterocycles. The average molecular weight is 256 g/mol. The first-order valence-electron chi connectivity index (χ1n) is 6.20. The highest BCUT2D eigenvalue weighted by Crippen LogP contribution is 2.34. The van der Waals surface area contributed by atoms with E-state index >= 15 is 0 Å². The largest absolute Gasteiger partial charge is 0.488 e. The number of fused-ring (bicyclic) bond motifs is 1. The summed E-state index contributed by atoms with van der Waals surface area (Å²) in [5.74, 6) is 7.06. The Hall–Kier alpha value is -2.11. The summed E-state index contributed by atoms with van der Waals surface area (Å²) in [5.41, 5.74) is 10.8. The van der Waals surface area contributed by atoms with Crippen LogP contribution in [0.5, 0.6) is 5.75 Å². The van der Waals surface area contributed by atoms with E-state index in [9.17, 15) is 0 Å². The molecule has 2 atom stereocenters. The monoisotopic (exact) mass is 256 g/mol. The highest BCUT2D eigenvalue weighted by Gasteiger charge is 2.31. The maximum Gasteiger partial charge on any atom is 0.128 e. The Bertz CT molecular complexity index is 562. The molecule has 2 heterocycles. The minimum Gasteiger partial charge on any atom is -0.488 e. The fraction of sp³-hybridized carbons (Fsp3) is 0.214. The van der Waals surface area contributed by atoms with Crippen molar-refractivity contribution in [1.82, 2.24) is 10.4 Å². The summed E-state index contributed by atoms with van der Waals surface area (Å²) in [6.45, 7) is 0. The lowest BCUT2D eigenvalue weighted by Crippen LogP contribution is -2.39. The molecule has 0 amide bonds. The molecule has 1 aliphatic rings. The second-order valence-corrected chi connectivity index (χ2v) is 4.59. The summed E-state index contributed by atoms with van der Waals surface area (Å²) >= 11 is 0. The predicted molar refractivity (Wildman–Crippen MR) is 73.3 cm³/mol. The van der Waals surface area contributed by atoms with Crippen LogP contribution in [0.1, 0.15) is 17.2 Å². The molecule has 1 aliphatic heterocycles. The zero-order chi connectivity index (χ0) is 13.2. The Balaban J connectivity index is 1.88. The summed E-state index contributed by atoms with van der Waals surface area (Å²) in [5, 5.41) is 0. The van der Waals surface area contributed by atoms with E-state index in [2.05, 4.69) is 16.5 Å². The summed E-state index contributed by atoms with van der Waals surface area (Å²) in [7, 11) is 0.